The maximum absolute atomic E-state index is 12.4. The molecular formula is C18H19NO3S2. The van der Waals surface area contributed by atoms with Gasteiger partial charge in [-0.3, -0.25) is 9.10 Å². The molecule has 1 aliphatic heterocycles. The lowest BCUT2D eigenvalue weighted by Gasteiger charge is -2.18. The van der Waals surface area contributed by atoms with Gasteiger partial charge in [0.25, 0.3) is 0 Å². The second kappa shape index (κ2) is 6.99. The van der Waals surface area contributed by atoms with Gasteiger partial charge in [0, 0.05) is 17.0 Å². The molecule has 126 valence electrons. The molecule has 1 heterocycles. The van der Waals surface area contributed by atoms with Crippen molar-refractivity contribution in [1.82, 2.24) is 0 Å². The molecule has 6 heteroatoms. The normalized spacial score (nSPS) is 13.8. The lowest BCUT2D eigenvalue weighted by Crippen LogP contribution is -2.30. The van der Waals surface area contributed by atoms with Crippen molar-refractivity contribution in [3.63, 3.8) is 0 Å². The average molecular weight is 361 g/mol. The number of benzene rings is 2. The molecule has 0 spiro atoms. The Morgan fingerprint density at radius 3 is 2.62 bits per heavy atom. The Hall–Kier alpha value is -1.79. The average Bonchev–Trinajstić information content (AvgIpc) is 3.04. The Kier molecular flexibility index (Phi) is 4.96. The number of thioether (sulfide) groups is 1. The minimum atomic E-state index is -3.25. The molecule has 0 fully saturated rings. The highest BCUT2D eigenvalue weighted by Gasteiger charge is 2.28. The smallest absolute Gasteiger partial charge is 0.234 e. The number of nitrogens with zero attached hydrogens (tertiary/aromatic N) is 1. The molecule has 0 saturated carbocycles. The minimum Gasteiger partial charge on any atom is -0.293 e. The summed E-state index contributed by atoms with van der Waals surface area (Å²) in [6.07, 6.45) is 0.654. The lowest BCUT2D eigenvalue weighted by atomic mass is 10.1. The van der Waals surface area contributed by atoms with E-state index in [1.165, 1.54) is 16.1 Å². The Labute approximate surface area is 146 Å². The Balaban J connectivity index is 1.74. The van der Waals surface area contributed by atoms with Crippen LogP contribution in [-0.2, 0) is 16.4 Å². The first kappa shape index (κ1) is 17.0. The van der Waals surface area contributed by atoms with Crippen molar-refractivity contribution in [1.29, 1.82) is 0 Å². The van der Waals surface area contributed by atoms with Crippen LogP contribution in [0, 0.1) is 0 Å². The van der Waals surface area contributed by atoms with Crippen molar-refractivity contribution in [3.05, 3.63) is 59.7 Å². The van der Waals surface area contributed by atoms with Gasteiger partial charge >= 0.3 is 0 Å². The first-order valence-corrected chi connectivity index (χ1v) is 10.4. The fraction of sp³-hybridized carbons (Fsp3) is 0.278. The lowest BCUT2D eigenvalue weighted by molar-refractivity contribution is 0.102. The number of carbonyl (C=O) groups is 1. The number of hydrogen-bond acceptors (Lipinski definition) is 4. The number of carbonyl (C=O) groups excluding carboxylic acids is 1. The van der Waals surface area contributed by atoms with E-state index in [0.29, 0.717) is 30.0 Å². The number of sulfonamides is 1. The van der Waals surface area contributed by atoms with E-state index in [0.717, 1.165) is 10.5 Å². The van der Waals surface area contributed by atoms with Crippen LogP contribution in [-0.4, -0.2) is 32.3 Å². The quantitative estimate of drug-likeness (QED) is 0.585. The first-order valence-electron chi connectivity index (χ1n) is 7.85. The molecule has 2 aromatic carbocycles. The topological polar surface area (TPSA) is 54.5 Å². The van der Waals surface area contributed by atoms with Crippen molar-refractivity contribution in [2.45, 2.75) is 18.2 Å². The fourth-order valence-corrected chi connectivity index (χ4v) is 4.71. The van der Waals surface area contributed by atoms with Gasteiger partial charge in [-0.2, -0.15) is 0 Å². The van der Waals surface area contributed by atoms with E-state index in [4.69, 9.17) is 0 Å². The minimum absolute atomic E-state index is 0.0588. The Morgan fingerprint density at radius 2 is 1.92 bits per heavy atom. The fourth-order valence-electron chi connectivity index (χ4n) is 2.74. The number of hydrogen-bond donors (Lipinski definition) is 0. The molecule has 0 bridgehead atoms. The second-order valence-electron chi connectivity index (χ2n) is 5.59. The number of ketones is 1. The van der Waals surface area contributed by atoms with Gasteiger partial charge in [-0.1, -0.05) is 18.2 Å². The number of rotatable bonds is 6. The summed E-state index contributed by atoms with van der Waals surface area (Å²) in [5.74, 6) is 0.518. The van der Waals surface area contributed by atoms with Crippen molar-refractivity contribution in [2.24, 2.45) is 0 Å². The van der Waals surface area contributed by atoms with E-state index in [9.17, 15) is 13.2 Å². The second-order valence-corrected chi connectivity index (χ2v) is 8.82. The third-order valence-corrected chi connectivity index (χ3v) is 6.86. The third-order valence-electron chi connectivity index (χ3n) is 4.07. The van der Waals surface area contributed by atoms with E-state index < -0.39 is 10.0 Å². The van der Waals surface area contributed by atoms with Gasteiger partial charge in [0.15, 0.2) is 5.78 Å². The molecule has 3 rings (SSSR count). The van der Waals surface area contributed by atoms with Crippen LogP contribution in [0.5, 0.6) is 0 Å². The number of fused-ring (bicyclic) bond motifs is 1. The van der Waals surface area contributed by atoms with Gasteiger partial charge in [0.1, 0.15) is 0 Å². The van der Waals surface area contributed by atoms with Crippen LogP contribution in [0.25, 0.3) is 0 Å². The summed E-state index contributed by atoms with van der Waals surface area (Å²) >= 11 is 1.51. The Morgan fingerprint density at radius 1 is 1.17 bits per heavy atom. The van der Waals surface area contributed by atoms with E-state index >= 15 is 0 Å². The molecule has 0 aromatic heterocycles. The molecule has 0 N–H and O–H groups in total. The summed E-state index contributed by atoms with van der Waals surface area (Å²) in [4.78, 5) is 13.5. The van der Waals surface area contributed by atoms with Gasteiger partial charge in [0.05, 0.1) is 17.2 Å². The number of anilines is 1. The van der Waals surface area contributed by atoms with Crippen molar-refractivity contribution >= 4 is 33.3 Å². The molecule has 0 saturated heterocycles. The van der Waals surface area contributed by atoms with Crippen LogP contribution in [0.4, 0.5) is 5.69 Å². The zero-order chi connectivity index (χ0) is 17.2. The van der Waals surface area contributed by atoms with E-state index in [1.807, 2.05) is 36.4 Å². The van der Waals surface area contributed by atoms with Crippen LogP contribution in [0.3, 0.4) is 0 Å². The van der Waals surface area contributed by atoms with E-state index in [-0.39, 0.29) is 11.5 Å². The van der Waals surface area contributed by atoms with Crippen molar-refractivity contribution in [2.75, 3.05) is 22.4 Å². The predicted octanol–water partition coefficient (Wildman–Crippen LogP) is 3.37. The summed E-state index contributed by atoms with van der Waals surface area (Å²) in [5.41, 5.74) is 2.29. The third kappa shape index (κ3) is 3.49. The monoisotopic (exact) mass is 361 g/mol. The van der Waals surface area contributed by atoms with Crippen LogP contribution in [0.1, 0.15) is 22.8 Å². The summed E-state index contributed by atoms with van der Waals surface area (Å²) < 4.78 is 25.6. The zero-order valence-electron chi connectivity index (χ0n) is 13.4. The van der Waals surface area contributed by atoms with Gasteiger partial charge in [0.2, 0.25) is 10.0 Å². The van der Waals surface area contributed by atoms with Crippen LogP contribution < -0.4 is 4.31 Å². The molecule has 24 heavy (non-hydrogen) atoms. The van der Waals surface area contributed by atoms with Gasteiger partial charge in [-0.15, -0.1) is 11.8 Å². The summed E-state index contributed by atoms with van der Waals surface area (Å²) in [6.45, 7) is 2.11. The summed E-state index contributed by atoms with van der Waals surface area (Å²) in [7, 11) is -3.25. The standard InChI is InChI=1S/C18H19NO3S2/c1-2-24(21,22)19-11-10-14-12-15(8-9-17(14)19)18(20)13-23-16-6-4-3-5-7-16/h3-9,12H,2,10-11,13H2,1H3. The molecule has 1 aliphatic rings. The molecular weight excluding hydrogens is 342 g/mol. The van der Waals surface area contributed by atoms with Crippen molar-refractivity contribution < 1.29 is 13.2 Å². The number of Topliss-reactive ketones (excluding diaryl/α,β-unsaturated/α-hetero) is 1. The molecule has 0 unspecified atom stereocenters. The Bertz CT molecular complexity index is 848. The molecule has 2 aromatic rings. The molecule has 0 radical (unpaired) electrons. The van der Waals surface area contributed by atoms with E-state index in [2.05, 4.69) is 0 Å². The molecule has 0 atom stereocenters. The maximum atomic E-state index is 12.4. The molecule has 4 nitrogen and oxygen atoms in total. The predicted molar refractivity (Wildman–Crippen MR) is 98.4 cm³/mol. The maximum Gasteiger partial charge on any atom is 0.234 e. The van der Waals surface area contributed by atoms with Gasteiger partial charge < -0.3 is 0 Å². The highest BCUT2D eigenvalue weighted by molar-refractivity contribution is 8.00. The highest BCUT2D eigenvalue weighted by atomic mass is 32.2. The first-order chi connectivity index (χ1) is 11.5. The summed E-state index contributed by atoms with van der Waals surface area (Å²) in [6, 6.07) is 15.1. The summed E-state index contributed by atoms with van der Waals surface area (Å²) in [5, 5.41) is 0. The highest BCUT2D eigenvalue weighted by Crippen LogP contribution is 2.31. The largest absolute Gasteiger partial charge is 0.293 e. The van der Waals surface area contributed by atoms with Gasteiger partial charge in [-0.05, 0) is 49.2 Å². The SMILES string of the molecule is CCS(=O)(=O)N1CCc2cc(C(=O)CSc3ccccc3)ccc21. The van der Waals surface area contributed by atoms with E-state index in [1.54, 1.807) is 19.1 Å². The molecule has 0 aliphatic carbocycles. The van der Waals surface area contributed by atoms with Crippen LogP contribution in [0.2, 0.25) is 0 Å². The van der Waals surface area contributed by atoms with Crippen LogP contribution >= 0.6 is 11.8 Å². The van der Waals surface area contributed by atoms with Crippen molar-refractivity contribution in [3.8, 4) is 0 Å². The van der Waals surface area contributed by atoms with Gasteiger partial charge in [-0.25, -0.2) is 8.42 Å². The van der Waals surface area contributed by atoms with Crippen LogP contribution in [0.15, 0.2) is 53.4 Å². The molecule has 0 amide bonds. The zero-order valence-corrected chi connectivity index (χ0v) is 15.1.